The number of nitrogens with zero attached hydrogens (tertiary/aromatic N) is 4. The van der Waals surface area contributed by atoms with Crippen LogP contribution in [0.15, 0.2) is 30.6 Å². The van der Waals surface area contributed by atoms with Crippen LogP contribution in [0.4, 0.5) is 5.82 Å². The molecule has 174 valence electrons. The molecule has 33 heavy (non-hydrogen) atoms. The number of benzene rings is 1. The molecular formula is C25H31N5O3. The number of aliphatic hydroxyl groups excluding tert-OH is 1. The molecule has 1 aliphatic carbocycles. The van der Waals surface area contributed by atoms with Gasteiger partial charge < -0.3 is 20.2 Å². The Morgan fingerprint density at radius 3 is 2.55 bits per heavy atom. The molecule has 0 saturated carbocycles. The second kappa shape index (κ2) is 8.74. The van der Waals surface area contributed by atoms with E-state index < -0.39 is 6.10 Å². The summed E-state index contributed by atoms with van der Waals surface area (Å²) in [5.41, 5.74) is 3.88. The van der Waals surface area contributed by atoms with E-state index in [2.05, 4.69) is 27.1 Å². The van der Waals surface area contributed by atoms with Gasteiger partial charge in [0.25, 0.3) is 0 Å². The number of fused-ring (bicyclic) bond motifs is 1. The second-order valence-electron chi connectivity index (χ2n) is 9.56. The molecule has 3 aliphatic rings. The third-order valence-corrected chi connectivity index (χ3v) is 7.30. The van der Waals surface area contributed by atoms with Gasteiger partial charge in [0.2, 0.25) is 11.8 Å². The van der Waals surface area contributed by atoms with E-state index >= 15 is 0 Å². The van der Waals surface area contributed by atoms with Crippen LogP contribution in [-0.4, -0.2) is 64.0 Å². The van der Waals surface area contributed by atoms with Gasteiger partial charge >= 0.3 is 0 Å². The molecule has 2 aromatic rings. The standard InChI is InChI=1S/C25H31N5O3/c1-15-3-5-17(6-4-15)22(18-7-8-20(32)28-18)25(33)30-11-9-29(10-12-30)24-21-16(2)13-19(31)23(21)26-14-27-24/h3-6,14,16,18-19,22,31H,7-13H2,1-2H3,(H,28,32)/t16-,18+,19-,22+/m1/s1. The Morgan fingerprint density at radius 2 is 1.88 bits per heavy atom. The lowest BCUT2D eigenvalue weighted by atomic mass is 9.88. The molecule has 2 aliphatic heterocycles. The average Bonchev–Trinajstić information content (AvgIpc) is 3.37. The SMILES string of the molecule is Cc1ccc([C@H](C(=O)N2CCN(c3ncnc4c3[C@H](C)C[C@H]4O)CC2)[C@@H]2CCC(=O)N2)cc1. The number of hydrogen-bond acceptors (Lipinski definition) is 6. The van der Waals surface area contributed by atoms with Crippen LogP contribution in [0.2, 0.25) is 0 Å². The highest BCUT2D eigenvalue weighted by molar-refractivity contribution is 5.87. The molecule has 0 spiro atoms. The summed E-state index contributed by atoms with van der Waals surface area (Å²) < 4.78 is 0. The fourth-order valence-electron chi connectivity index (χ4n) is 5.50. The molecule has 8 nitrogen and oxygen atoms in total. The van der Waals surface area contributed by atoms with E-state index in [1.54, 1.807) is 0 Å². The van der Waals surface area contributed by atoms with Crippen molar-refractivity contribution >= 4 is 17.6 Å². The fraction of sp³-hybridized carbons (Fsp3) is 0.520. The molecule has 2 fully saturated rings. The predicted molar refractivity (Wildman–Crippen MR) is 124 cm³/mol. The summed E-state index contributed by atoms with van der Waals surface area (Å²) in [7, 11) is 0. The predicted octanol–water partition coefficient (Wildman–Crippen LogP) is 2.04. The van der Waals surface area contributed by atoms with E-state index in [1.165, 1.54) is 6.33 Å². The van der Waals surface area contributed by atoms with E-state index in [0.717, 1.165) is 28.2 Å². The van der Waals surface area contributed by atoms with Crippen LogP contribution in [0.1, 0.15) is 66.5 Å². The minimum absolute atomic E-state index is 0.0173. The van der Waals surface area contributed by atoms with E-state index in [-0.39, 0.29) is 29.7 Å². The number of aliphatic hydroxyl groups is 1. The number of piperazine rings is 1. The van der Waals surface area contributed by atoms with Crippen LogP contribution < -0.4 is 10.2 Å². The van der Waals surface area contributed by atoms with Crippen molar-refractivity contribution in [3.8, 4) is 0 Å². The van der Waals surface area contributed by atoms with E-state index in [0.29, 0.717) is 45.4 Å². The molecule has 1 aromatic carbocycles. The topological polar surface area (TPSA) is 98.7 Å². The van der Waals surface area contributed by atoms with Crippen LogP contribution in [-0.2, 0) is 9.59 Å². The van der Waals surface area contributed by atoms with Gasteiger partial charge in [-0.2, -0.15) is 0 Å². The van der Waals surface area contributed by atoms with Gasteiger partial charge in [-0.3, -0.25) is 9.59 Å². The molecule has 0 radical (unpaired) electrons. The normalized spacial score (nSPS) is 25.7. The lowest BCUT2D eigenvalue weighted by Crippen LogP contribution is -2.52. The Hall–Kier alpha value is -3.00. The monoisotopic (exact) mass is 449 g/mol. The summed E-state index contributed by atoms with van der Waals surface area (Å²) in [6.07, 6.45) is 2.82. The number of carbonyl (C=O) groups is 2. The molecule has 4 atom stereocenters. The maximum Gasteiger partial charge on any atom is 0.232 e. The van der Waals surface area contributed by atoms with E-state index in [9.17, 15) is 14.7 Å². The maximum absolute atomic E-state index is 13.7. The number of hydrogen-bond donors (Lipinski definition) is 2. The Labute approximate surface area is 194 Å². The molecule has 2 N–H and O–H groups in total. The van der Waals surface area contributed by atoms with Gasteiger partial charge in [-0.25, -0.2) is 9.97 Å². The number of aryl methyl sites for hydroxylation is 1. The Kier molecular flexibility index (Phi) is 5.78. The molecule has 2 amide bonds. The van der Waals surface area contributed by atoms with Crippen molar-refractivity contribution in [3.63, 3.8) is 0 Å². The number of carbonyl (C=O) groups excluding carboxylic acids is 2. The maximum atomic E-state index is 13.7. The van der Waals surface area contributed by atoms with Crippen LogP contribution in [0.25, 0.3) is 0 Å². The largest absolute Gasteiger partial charge is 0.387 e. The average molecular weight is 450 g/mol. The highest BCUT2D eigenvalue weighted by Gasteiger charge is 2.39. The van der Waals surface area contributed by atoms with Crippen molar-refractivity contribution in [3.05, 3.63) is 53.0 Å². The van der Waals surface area contributed by atoms with Gasteiger partial charge in [0.05, 0.1) is 17.7 Å². The van der Waals surface area contributed by atoms with Crippen molar-refractivity contribution in [1.29, 1.82) is 0 Å². The van der Waals surface area contributed by atoms with Gasteiger partial charge in [0.15, 0.2) is 0 Å². The first-order valence-corrected chi connectivity index (χ1v) is 11.8. The third-order valence-electron chi connectivity index (χ3n) is 7.30. The van der Waals surface area contributed by atoms with Crippen LogP contribution in [0, 0.1) is 6.92 Å². The summed E-state index contributed by atoms with van der Waals surface area (Å²) in [5.74, 6) is 0.810. The highest BCUT2D eigenvalue weighted by atomic mass is 16.3. The van der Waals surface area contributed by atoms with E-state index in [1.807, 2.05) is 36.1 Å². The summed E-state index contributed by atoms with van der Waals surface area (Å²) in [4.78, 5) is 38.6. The van der Waals surface area contributed by atoms with Crippen molar-refractivity contribution in [2.75, 3.05) is 31.1 Å². The molecule has 8 heteroatoms. The van der Waals surface area contributed by atoms with Crippen molar-refractivity contribution in [1.82, 2.24) is 20.2 Å². The Bertz CT molecular complexity index is 1050. The van der Waals surface area contributed by atoms with Crippen molar-refractivity contribution in [2.45, 2.75) is 57.1 Å². The summed E-state index contributed by atoms with van der Waals surface area (Å²) in [6.45, 7) is 6.67. The van der Waals surface area contributed by atoms with Gasteiger partial charge in [0, 0.05) is 44.2 Å². The van der Waals surface area contributed by atoms with Crippen LogP contribution in [0.5, 0.6) is 0 Å². The van der Waals surface area contributed by atoms with Crippen molar-refractivity contribution in [2.24, 2.45) is 0 Å². The van der Waals surface area contributed by atoms with Gasteiger partial charge in [-0.15, -0.1) is 0 Å². The minimum Gasteiger partial charge on any atom is -0.387 e. The molecule has 0 unspecified atom stereocenters. The Morgan fingerprint density at radius 1 is 1.15 bits per heavy atom. The van der Waals surface area contributed by atoms with E-state index in [4.69, 9.17) is 0 Å². The summed E-state index contributed by atoms with van der Waals surface area (Å²) in [6, 6.07) is 7.90. The first-order chi connectivity index (χ1) is 15.9. The lowest BCUT2D eigenvalue weighted by Gasteiger charge is -2.38. The van der Waals surface area contributed by atoms with Crippen molar-refractivity contribution < 1.29 is 14.7 Å². The fourth-order valence-corrected chi connectivity index (χ4v) is 5.50. The molecule has 0 bridgehead atoms. The molecular weight excluding hydrogens is 418 g/mol. The lowest BCUT2D eigenvalue weighted by molar-refractivity contribution is -0.133. The molecule has 5 rings (SSSR count). The van der Waals surface area contributed by atoms with Gasteiger partial charge in [0.1, 0.15) is 12.1 Å². The molecule has 3 heterocycles. The zero-order chi connectivity index (χ0) is 23.1. The zero-order valence-electron chi connectivity index (χ0n) is 19.2. The number of rotatable bonds is 4. The quantitative estimate of drug-likeness (QED) is 0.741. The second-order valence-corrected chi connectivity index (χ2v) is 9.56. The first-order valence-electron chi connectivity index (χ1n) is 11.8. The van der Waals surface area contributed by atoms with Gasteiger partial charge in [-0.05, 0) is 31.2 Å². The third kappa shape index (κ3) is 4.08. The Balaban J connectivity index is 1.33. The zero-order valence-corrected chi connectivity index (χ0v) is 19.2. The number of aromatic nitrogens is 2. The minimum atomic E-state index is -0.531. The summed E-state index contributed by atoms with van der Waals surface area (Å²) >= 11 is 0. The number of nitrogens with one attached hydrogen (secondary N) is 1. The number of anilines is 1. The smallest absolute Gasteiger partial charge is 0.232 e. The number of amides is 2. The first kappa shape index (κ1) is 21.8. The van der Waals surface area contributed by atoms with Crippen LogP contribution in [0.3, 0.4) is 0 Å². The summed E-state index contributed by atoms with van der Waals surface area (Å²) in [5, 5.41) is 13.3. The highest BCUT2D eigenvalue weighted by Crippen LogP contribution is 2.42. The molecule has 1 aromatic heterocycles. The van der Waals surface area contributed by atoms with Gasteiger partial charge in [-0.1, -0.05) is 36.8 Å². The molecule has 2 saturated heterocycles. The van der Waals surface area contributed by atoms with Crippen LogP contribution >= 0.6 is 0 Å².